The second kappa shape index (κ2) is 27.5. The molecule has 0 bridgehead atoms. The van der Waals surface area contributed by atoms with Gasteiger partial charge in [-0.05, 0) is 111 Å². The Bertz CT molecular complexity index is 1070. The predicted octanol–water partition coefficient (Wildman–Crippen LogP) is 13.8. The first-order valence-corrected chi connectivity index (χ1v) is 19.0. The average Bonchev–Trinajstić information content (AvgIpc) is 3.03. The van der Waals surface area contributed by atoms with Crippen LogP contribution in [0.1, 0.15) is 179 Å². The van der Waals surface area contributed by atoms with Crippen LogP contribution in [0.25, 0.3) is 0 Å². The molecule has 0 atom stereocenters. The molecule has 0 aromatic heterocycles. The molecule has 0 fully saturated rings. The van der Waals surface area contributed by atoms with Gasteiger partial charge < -0.3 is 0 Å². The number of unbranched alkanes of at least 4 members (excludes halogenated alkanes) is 13. The molecule has 0 aliphatic carbocycles. The van der Waals surface area contributed by atoms with Gasteiger partial charge in [-0.3, -0.25) is 9.98 Å². The summed E-state index contributed by atoms with van der Waals surface area (Å²) in [7, 11) is 0. The number of aryl methyl sites for hydroxylation is 4. The van der Waals surface area contributed by atoms with E-state index in [4.69, 9.17) is 9.98 Å². The van der Waals surface area contributed by atoms with E-state index in [9.17, 15) is 0 Å². The third kappa shape index (κ3) is 18.4. The van der Waals surface area contributed by atoms with E-state index < -0.39 is 0 Å². The van der Waals surface area contributed by atoms with Crippen molar-refractivity contribution in [1.82, 2.24) is 0 Å². The second-order valence-electron chi connectivity index (χ2n) is 13.1. The van der Waals surface area contributed by atoms with Crippen molar-refractivity contribution in [3.05, 3.63) is 58.7 Å². The topological polar surface area (TPSA) is 24.7 Å². The maximum Gasteiger partial charge on any atom is 0.0636 e. The van der Waals surface area contributed by atoms with Gasteiger partial charge in [0.15, 0.2) is 0 Å². The Morgan fingerprint density at radius 2 is 0.867 bits per heavy atom. The molecule has 0 radical (unpaired) electrons. The van der Waals surface area contributed by atoms with E-state index in [1.807, 2.05) is 0 Å². The number of hydrogen-bond acceptors (Lipinski definition) is 2. The van der Waals surface area contributed by atoms with Gasteiger partial charge in [0, 0.05) is 26.6 Å². The minimum absolute atomic E-state index is 0. The Kier molecular flexibility index (Phi) is 25.4. The summed E-state index contributed by atoms with van der Waals surface area (Å²) in [5.41, 5.74) is 9.40. The van der Waals surface area contributed by atoms with E-state index >= 15 is 0 Å². The summed E-state index contributed by atoms with van der Waals surface area (Å²) in [5.74, 6) is 0. The molecule has 0 heterocycles. The van der Waals surface area contributed by atoms with Gasteiger partial charge in [-0.25, -0.2) is 0 Å². The van der Waals surface area contributed by atoms with Crippen molar-refractivity contribution in [2.24, 2.45) is 9.98 Å². The number of hydrogen-bond donors (Lipinski definition) is 0. The minimum Gasteiger partial charge on any atom is -0.255 e. The Morgan fingerprint density at radius 3 is 1.38 bits per heavy atom. The van der Waals surface area contributed by atoms with Crippen LogP contribution in [0.3, 0.4) is 0 Å². The van der Waals surface area contributed by atoms with E-state index in [0.29, 0.717) is 0 Å². The molecular weight excluding hydrogens is 639 g/mol. The zero-order valence-electron chi connectivity index (χ0n) is 30.0. The molecule has 0 aliphatic rings. The van der Waals surface area contributed by atoms with Crippen LogP contribution in [0.2, 0.25) is 0 Å². The number of rotatable bonds is 26. The van der Waals surface area contributed by atoms with Crippen LogP contribution in [0.4, 0.5) is 11.4 Å². The normalized spacial score (nSPS) is 11.8. The van der Waals surface area contributed by atoms with Crippen LogP contribution in [0.5, 0.6) is 0 Å². The molecule has 256 valence electrons. The SMILES string of the molecule is CCCCCCCCC(C=Nc1ccc(CCCCC)c(CCCCC)c1)=Nc1ccc(CCCCC)c(CCCCC)c1.[Pd]. The summed E-state index contributed by atoms with van der Waals surface area (Å²) in [6.07, 6.45) is 31.0. The van der Waals surface area contributed by atoms with Crippen molar-refractivity contribution in [2.45, 2.75) is 182 Å². The molecule has 2 aromatic carbocycles. The standard InChI is InChI=1S/C42H68N2.Pd/c1-6-11-16-17-18-23-28-42(44-41-32-30-37(25-20-13-8-3)39(34-41)27-22-15-10-5)35-43-40-31-29-36(24-19-12-7-2)38(33-40)26-21-14-9-4;/h29-35H,6-28H2,1-5H3;. The fourth-order valence-corrected chi connectivity index (χ4v) is 6.14. The summed E-state index contributed by atoms with van der Waals surface area (Å²) < 4.78 is 0. The molecule has 0 saturated carbocycles. The first kappa shape index (κ1) is 41.5. The van der Waals surface area contributed by atoms with E-state index in [0.717, 1.165) is 23.5 Å². The van der Waals surface area contributed by atoms with Crippen LogP contribution in [-0.4, -0.2) is 11.9 Å². The van der Waals surface area contributed by atoms with Gasteiger partial charge in [0.2, 0.25) is 0 Å². The monoisotopic (exact) mass is 706 g/mol. The first-order valence-electron chi connectivity index (χ1n) is 19.0. The van der Waals surface area contributed by atoms with Crippen LogP contribution < -0.4 is 0 Å². The van der Waals surface area contributed by atoms with Gasteiger partial charge in [0.05, 0.1) is 17.1 Å². The van der Waals surface area contributed by atoms with Crippen LogP contribution in [-0.2, 0) is 46.1 Å². The molecule has 0 unspecified atom stereocenters. The molecular formula is C42H68N2Pd. The van der Waals surface area contributed by atoms with Crippen LogP contribution in [0.15, 0.2) is 46.4 Å². The molecule has 2 aromatic rings. The summed E-state index contributed by atoms with van der Waals surface area (Å²) >= 11 is 0. The van der Waals surface area contributed by atoms with Crippen molar-refractivity contribution < 1.29 is 20.4 Å². The maximum absolute atomic E-state index is 5.25. The molecule has 0 aliphatic heterocycles. The Morgan fingerprint density at radius 1 is 0.467 bits per heavy atom. The minimum atomic E-state index is 0. The third-order valence-corrected chi connectivity index (χ3v) is 9.00. The van der Waals surface area contributed by atoms with Gasteiger partial charge in [-0.2, -0.15) is 0 Å². The largest absolute Gasteiger partial charge is 0.255 e. The van der Waals surface area contributed by atoms with E-state index in [1.165, 1.54) is 164 Å². The Labute approximate surface area is 293 Å². The fraction of sp³-hybridized carbons (Fsp3) is 0.667. The van der Waals surface area contributed by atoms with Crippen LogP contribution in [0, 0.1) is 0 Å². The van der Waals surface area contributed by atoms with Crippen molar-refractivity contribution >= 4 is 23.3 Å². The van der Waals surface area contributed by atoms with Gasteiger partial charge in [-0.15, -0.1) is 0 Å². The first-order chi connectivity index (χ1) is 21.6. The predicted molar refractivity (Wildman–Crippen MR) is 199 cm³/mol. The van der Waals surface area contributed by atoms with Crippen molar-refractivity contribution in [3.63, 3.8) is 0 Å². The molecule has 3 heteroatoms. The van der Waals surface area contributed by atoms with Gasteiger partial charge in [0.1, 0.15) is 0 Å². The Hall–Kier alpha value is -1.56. The molecule has 0 amide bonds. The summed E-state index contributed by atoms with van der Waals surface area (Å²) in [4.78, 5) is 10.3. The molecule has 45 heavy (non-hydrogen) atoms. The van der Waals surface area contributed by atoms with E-state index in [1.54, 1.807) is 0 Å². The van der Waals surface area contributed by atoms with E-state index in [2.05, 4.69) is 77.2 Å². The van der Waals surface area contributed by atoms with Gasteiger partial charge >= 0.3 is 0 Å². The van der Waals surface area contributed by atoms with Crippen molar-refractivity contribution in [2.75, 3.05) is 0 Å². The van der Waals surface area contributed by atoms with E-state index in [-0.39, 0.29) is 20.4 Å². The average molecular weight is 707 g/mol. The van der Waals surface area contributed by atoms with Crippen molar-refractivity contribution in [1.29, 1.82) is 0 Å². The van der Waals surface area contributed by atoms with Crippen molar-refractivity contribution in [3.8, 4) is 0 Å². The summed E-state index contributed by atoms with van der Waals surface area (Å²) in [5, 5.41) is 0. The second-order valence-corrected chi connectivity index (χ2v) is 13.1. The summed E-state index contributed by atoms with van der Waals surface area (Å²) in [6, 6.07) is 14.0. The molecule has 2 nitrogen and oxygen atoms in total. The molecule has 0 N–H and O–H groups in total. The number of aliphatic imine (C=N–C) groups is 2. The molecule has 0 saturated heterocycles. The zero-order valence-corrected chi connectivity index (χ0v) is 31.6. The molecule has 2 rings (SSSR count). The van der Waals surface area contributed by atoms with Gasteiger partial charge in [0.25, 0.3) is 0 Å². The van der Waals surface area contributed by atoms with Crippen LogP contribution >= 0.6 is 0 Å². The molecule has 0 spiro atoms. The number of nitrogens with zero attached hydrogens (tertiary/aromatic N) is 2. The van der Waals surface area contributed by atoms with Gasteiger partial charge in [-0.1, -0.05) is 130 Å². The summed E-state index contributed by atoms with van der Waals surface area (Å²) in [6.45, 7) is 11.5. The third-order valence-electron chi connectivity index (χ3n) is 9.00. The maximum atomic E-state index is 5.25. The fourth-order valence-electron chi connectivity index (χ4n) is 6.14. The quantitative estimate of drug-likeness (QED) is 0.0528. The number of benzene rings is 2. The Balaban J connectivity index is 0.0000101. The zero-order chi connectivity index (χ0) is 31.7. The smallest absolute Gasteiger partial charge is 0.0636 e.